The van der Waals surface area contributed by atoms with Crippen molar-refractivity contribution in [1.29, 1.82) is 0 Å². The summed E-state index contributed by atoms with van der Waals surface area (Å²) in [5.41, 5.74) is -0.537. The SMILES string of the molecule is CCOC(=O)C(CC(=O)C(C)(C)C)C(=O)CC1CC1. The van der Waals surface area contributed by atoms with Crippen molar-refractivity contribution >= 4 is 17.5 Å². The molecule has 1 fully saturated rings. The Hall–Kier alpha value is -1.19. The molecule has 0 N–H and O–H groups in total. The van der Waals surface area contributed by atoms with Gasteiger partial charge < -0.3 is 4.74 Å². The summed E-state index contributed by atoms with van der Waals surface area (Å²) >= 11 is 0. The minimum absolute atomic E-state index is 0.0338. The van der Waals surface area contributed by atoms with Crippen molar-refractivity contribution < 1.29 is 19.1 Å². The summed E-state index contributed by atoms with van der Waals surface area (Å²) in [5.74, 6) is -1.26. The molecular formula is C15H24O4. The van der Waals surface area contributed by atoms with E-state index in [1.54, 1.807) is 27.7 Å². The second-order valence-corrected chi connectivity index (χ2v) is 6.30. The van der Waals surface area contributed by atoms with Crippen molar-refractivity contribution in [3.05, 3.63) is 0 Å². The standard InChI is InChI=1S/C15H24O4/c1-5-19-14(18)11(9-13(17)15(2,3)4)12(16)8-10-6-7-10/h10-11H,5-9H2,1-4H3. The highest BCUT2D eigenvalue weighted by Gasteiger charge is 2.36. The number of esters is 1. The van der Waals surface area contributed by atoms with Crippen molar-refractivity contribution in [2.24, 2.45) is 17.3 Å². The first-order valence-corrected chi connectivity index (χ1v) is 6.98. The molecule has 0 heterocycles. The first-order chi connectivity index (χ1) is 8.75. The topological polar surface area (TPSA) is 60.4 Å². The third kappa shape index (κ3) is 5.13. The van der Waals surface area contributed by atoms with Gasteiger partial charge in [-0.1, -0.05) is 20.8 Å². The quantitative estimate of drug-likeness (QED) is 0.526. The van der Waals surface area contributed by atoms with Gasteiger partial charge in [-0.2, -0.15) is 0 Å². The van der Waals surface area contributed by atoms with E-state index < -0.39 is 17.3 Å². The highest BCUT2D eigenvalue weighted by Crippen LogP contribution is 2.34. The molecular weight excluding hydrogens is 244 g/mol. The minimum Gasteiger partial charge on any atom is -0.465 e. The van der Waals surface area contributed by atoms with Crippen LogP contribution in [-0.2, 0) is 19.1 Å². The fraction of sp³-hybridized carbons (Fsp3) is 0.800. The van der Waals surface area contributed by atoms with Crippen LogP contribution in [0.3, 0.4) is 0 Å². The molecule has 19 heavy (non-hydrogen) atoms. The van der Waals surface area contributed by atoms with Gasteiger partial charge in [0.15, 0.2) is 0 Å². The number of Topliss-reactive ketones (excluding diaryl/α,β-unsaturated/α-hetero) is 2. The molecule has 0 aromatic carbocycles. The molecule has 1 saturated carbocycles. The molecule has 0 aromatic rings. The molecule has 1 rings (SSSR count). The number of hydrogen-bond acceptors (Lipinski definition) is 4. The molecule has 108 valence electrons. The third-order valence-corrected chi connectivity index (χ3v) is 3.37. The van der Waals surface area contributed by atoms with Crippen LogP contribution in [0.4, 0.5) is 0 Å². The molecule has 4 heteroatoms. The minimum atomic E-state index is -0.910. The first kappa shape index (κ1) is 15.9. The third-order valence-electron chi connectivity index (χ3n) is 3.37. The van der Waals surface area contributed by atoms with Gasteiger partial charge in [0.25, 0.3) is 0 Å². The van der Waals surface area contributed by atoms with Crippen LogP contribution >= 0.6 is 0 Å². The molecule has 0 bridgehead atoms. The van der Waals surface area contributed by atoms with Crippen LogP contribution < -0.4 is 0 Å². The second kappa shape index (κ2) is 6.31. The number of carbonyl (C=O) groups excluding carboxylic acids is 3. The lowest BCUT2D eigenvalue weighted by molar-refractivity contribution is -0.154. The second-order valence-electron chi connectivity index (χ2n) is 6.30. The van der Waals surface area contributed by atoms with Crippen LogP contribution in [0.15, 0.2) is 0 Å². The van der Waals surface area contributed by atoms with Crippen LogP contribution in [0.2, 0.25) is 0 Å². The van der Waals surface area contributed by atoms with Crippen molar-refractivity contribution in [1.82, 2.24) is 0 Å². The van der Waals surface area contributed by atoms with E-state index in [2.05, 4.69) is 0 Å². The van der Waals surface area contributed by atoms with Gasteiger partial charge in [-0.05, 0) is 25.7 Å². The lowest BCUT2D eigenvalue weighted by Crippen LogP contribution is -2.32. The average molecular weight is 268 g/mol. The fourth-order valence-corrected chi connectivity index (χ4v) is 1.81. The lowest BCUT2D eigenvalue weighted by atomic mass is 9.83. The summed E-state index contributed by atoms with van der Waals surface area (Å²) in [6.45, 7) is 7.32. The van der Waals surface area contributed by atoms with Gasteiger partial charge in [0, 0.05) is 18.3 Å². The predicted molar refractivity (Wildman–Crippen MR) is 71.6 cm³/mol. The molecule has 1 aliphatic rings. The number of hydrogen-bond donors (Lipinski definition) is 0. The molecule has 0 saturated heterocycles. The summed E-state index contributed by atoms with van der Waals surface area (Å²) < 4.78 is 4.93. The monoisotopic (exact) mass is 268 g/mol. The van der Waals surface area contributed by atoms with Crippen LogP contribution in [0.1, 0.15) is 53.4 Å². The smallest absolute Gasteiger partial charge is 0.316 e. The maximum absolute atomic E-state index is 12.1. The van der Waals surface area contributed by atoms with Gasteiger partial charge in [-0.25, -0.2) is 0 Å². The van der Waals surface area contributed by atoms with Crippen LogP contribution in [0, 0.1) is 17.3 Å². The van der Waals surface area contributed by atoms with Gasteiger partial charge in [0.1, 0.15) is 17.5 Å². The van der Waals surface area contributed by atoms with Crippen molar-refractivity contribution in [2.75, 3.05) is 6.61 Å². The first-order valence-electron chi connectivity index (χ1n) is 6.98. The lowest BCUT2D eigenvalue weighted by Gasteiger charge is -2.20. The summed E-state index contributed by atoms with van der Waals surface area (Å²) in [7, 11) is 0. The van der Waals surface area contributed by atoms with Gasteiger partial charge in [0.2, 0.25) is 0 Å². The molecule has 0 amide bonds. The molecule has 1 aliphatic carbocycles. The molecule has 0 aliphatic heterocycles. The maximum atomic E-state index is 12.1. The number of carbonyl (C=O) groups is 3. The van der Waals surface area contributed by atoms with E-state index >= 15 is 0 Å². The largest absolute Gasteiger partial charge is 0.465 e. The summed E-state index contributed by atoms with van der Waals surface area (Å²) in [6.07, 6.45) is 2.47. The number of ketones is 2. The Labute approximate surface area is 114 Å². The number of ether oxygens (including phenoxy) is 1. The summed E-state index contributed by atoms with van der Waals surface area (Å²) in [6, 6.07) is 0. The Morgan fingerprint density at radius 2 is 1.79 bits per heavy atom. The van der Waals surface area contributed by atoms with E-state index in [1.165, 1.54) is 0 Å². The Balaban J connectivity index is 2.70. The Bertz CT molecular complexity index is 361. The fourth-order valence-electron chi connectivity index (χ4n) is 1.81. The zero-order valence-corrected chi connectivity index (χ0v) is 12.3. The normalized spacial score (nSPS) is 16.8. The van der Waals surface area contributed by atoms with Crippen molar-refractivity contribution in [2.45, 2.75) is 53.4 Å². The van der Waals surface area contributed by atoms with Crippen molar-refractivity contribution in [3.8, 4) is 0 Å². The molecule has 0 spiro atoms. The zero-order valence-electron chi connectivity index (χ0n) is 12.3. The van der Waals surface area contributed by atoms with Gasteiger partial charge in [-0.3, -0.25) is 14.4 Å². The Kier molecular flexibility index (Phi) is 5.27. The predicted octanol–water partition coefficient (Wildman–Crippen LogP) is 2.54. The van der Waals surface area contributed by atoms with E-state index in [-0.39, 0.29) is 24.6 Å². The van der Waals surface area contributed by atoms with Gasteiger partial charge >= 0.3 is 5.97 Å². The van der Waals surface area contributed by atoms with Crippen LogP contribution in [0.5, 0.6) is 0 Å². The summed E-state index contributed by atoms with van der Waals surface area (Å²) in [5, 5.41) is 0. The molecule has 4 nitrogen and oxygen atoms in total. The number of rotatable bonds is 7. The van der Waals surface area contributed by atoms with Crippen molar-refractivity contribution in [3.63, 3.8) is 0 Å². The van der Waals surface area contributed by atoms with E-state index in [4.69, 9.17) is 4.74 Å². The summed E-state index contributed by atoms with van der Waals surface area (Å²) in [4.78, 5) is 36.0. The van der Waals surface area contributed by atoms with E-state index in [1.807, 2.05) is 0 Å². The highest BCUT2D eigenvalue weighted by molar-refractivity contribution is 6.03. The average Bonchev–Trinajstić information content (AvgIpc) is 3.07. The van der Waals surface area contributed by atoms with E-state index in [0.717, 1.165) is 12.8 Å². The molecule has 1 unspecified atom stereocenters. The Morgan fingerprint density at radius 1 is 1.21 bits per heavy atom. The Morgan fingerprint density at radius 3 is 2.21 bits per heavy atom. The molecule has 0 radical (unpaired) electrons. The van der Waals surface area contributed by atoms with E-state index in [0.29, 0.717) is 12.3 Å². The maximum Gasteiger partial charge on any atom is 0.316 e. The van der Waals surface area contributed by atoms with Gasteiger partial charge in [-0.15, -0.1) is 0 Å². The van der Waals surface area contributed by atoms with Crippen LogP contribution in [0.25, 0.3) is 0 Å². The highest BCUT2D eigenvalue weighted by atomic mass is 16.5. The molecule has 0 aromatic heterocycles. The van der Waals surface area contributed by atoms with Gasteiger partial charge in [0.05, 0.1) is 6.61 Å². The van der Waals surface area contributed by atoms with E-state index in [9.17, 15) is 14.4 Å². The molecule has 1 atom stereocenters. The zero-order chi connectivity index (χ0) is 14.6. The van der Waals surface area contributed by atoms with Crippen LogP contribution in [-0.4, -0.2) is 24.1 Å².